The van der Waals surface area contributed by atoms with Crippen molar-refractivity contribution in [3.8, 4) is 0 Å². The van der Waals surface area contributed by atoms with E-state index in [4.69, 9.17) is 56.8 Å². The normalized spacial score (nSPS) is 24.8. The summed E-state index contributed by atoms with van der Waals surface area (Å²) in [5.41, 5.74) is -1.36. The van der Waals surface area contributed by atoms with Gasteiger partial charge in [0.1, 0.15) is 48.5 Å². The predicted molar refractivity (Wildman–Crippen MR) is 398 cm³/mol. The summed E-state index contributed by atoms with van der Waals surface area (Å²) in [6, 6.07) is 0. The number of unbranched alkanes of at least 4 members (excludes halogenated alkanes) is 8. The number of carbonyl (C=O) groups is 11. The van der Waals surface area contributed by atoms with Crippen LogP contribution in [0.1, 0.15) is 256 Å². The van der Waals surface area contributed by atoms with E-state index in [0.29, 0.717) is 154 Å². The van der Waals surface area contributed by atoms with E-state index in [1.807, 2.05) is 0 Å². The van der Waals surface area contributed by atoms with E-state index in [1.165, 1.54) is 20.8 Å². The number of hydrogen-bond acceptors (Lipinski definition) is 23. The molecule has 3 saturated heterocycles. The molecule has 0 saturated carbocycles. The summed E-state index contributed by atoms with van der Waals surface area (Å²) < 4.78 is 70.8. The predicted octanol–water partition coefficient (Wildman–Crippen LogP) is 10.7. The molecule has 3 rings (SSSR count). The van der Waals surface area contributed by atoms with E-state index in [9.17, 15) is 57.8 Å². The van der Waals surface area contributed by atoms with Gasteiger partial charge in [0.15, 0.2) is 18.9 Å². The smallest absolute Gasteiger partial charge is 0.303 e. The fourth-order valence-electron chi connectivity index (χ4n) is 13.4. The Morgan fingerprint density at radius 1 is 0.318 bits per heavy atom. The van der Waals surface area contributed by atoms with E-state index in [2.05, 4.69) is 78.3 Å². The van der Waals surface area contributed by atoms with Crippen molar-refractivity contribution in [3.63, 3.8) is 0 Å². The molecule has 15 unspecified atom stereocenters. The number of ketones is 4. The van der Waals surface area contributed by atoms with Crippen LogP contribution in [-0.2, 0) is 110 Å². The second kappa shape index (κ2) is 55.1. The molecule has 0 bridgehead atoms. The lowest BCUT2D eigenvalue weighted by Gasteiger charge is -2.43. The van der Waals surface area contributed by atoms with Crippen molar-refractivity contribution in [3.05, 3.63) is 0 Å². The first-order valence-electron chi connectivity index (χ1n) is 40.1. The molecule has 107 heavy (non-hydrogen) atoms. The first-order chi connectivity index (χ1) is 51.0. The highest BCUT2D eigenvalue weighted by Crippen LogP contribution is 2.38. The maximum absolute atomic E-state index is 13.6. The van der Waals surface area contributed by atoms with Crippen LogP contribution in [0.15, 0.2) is 0 Å². The van der Waals surface area contributed by atoms with E-state index in [1.54, 1.807) is 0 Å². The Balaban J connectivity index is 1.48. The van der Waals surface area contributed by atoms with Crippen molar-refractivity contribution in [2.75, 3.05) is 92.4 Å². The molecular formula is C80H137N3O24. The van der Waals surface area contributed by atoms with Crippen LogP contribution >= 0.6 is 0 Å². The Labute approximate surface area is 637 Å². The van der Waals surface area contributed by atoms with E-state index >= 15 is 0 Å². The third-order valence-corrected chi connectivity index (χ3v) is 21.6. The number of esters is 3. The van der Waals surface area contributed by atoms with Crippen molar-refractivity contribution in [1.82, 2.24) is 16.0 Å². The lowest BCUT2D eigenvalue weighted by Crippen LogP contribution is -2.58. The number of nitrogens with one attached hydrogen (secondary N) is 3. The summed E-state index contributed by atoms with van der Waals surface area (Å²) >= 11 is 0. The first kappa shape index (κ1) is 95.8. The molecule has 0 aromatic rings. The molecule has 3 fully saturated rings. The van der Waals surface area contributed by atoms with E-state index in [-0.39, 0.29) is 236 Å². The average molecular weight is 1520 g/mol. The Morgan fingerprint density at radius 2 is 0.607 bits per heavy atom. The zero-order valence-corrected chi connectivity index (χ0v) is 67.0. The van der Waals surface area contributed by atoms with Crippen LogP contribution in [0.25, 0.3) is 0 Å². The fourth-order valence-corrected chi connectivity index (χ4v) is 13.4. The highest BCUT2D eigenvalue weighted by Gasteiger charge is 2.43. The highest BCUT2D eigenvalue weighted by atomic mass is 16.7. The molecule has 616 valence electrons. The molecule has 27 heteroatoms. The molecule has 0 radical (unpaired) electrons. The molecule has 3 aliphatic rings. The van der Waals surface area contributed by atoms with Crippen molar-refractivity contribution in [1.29, 1.82) is 0 Å². The lowest BCUT2D eigenvalue weighted by molar-refractivity contribution is -0.255. The van der Waals surface area contributed by atoms with Gasteiger partial charge in [0.05, 0.1) is 58.0 Å². The van der Waals surface area contributed by atoms with Gasteiger partial charge in [0.2, 0.25) is 17.7 Å². The minimum atomic E-state index is -1.36. The summed E-state index contributed by atoms with van der Waals surface area (Å²) in [7, 11) is 0. The van der Waals surface area contributed by atoms with Crippen LogP contribution in [0, 0.1) is 53.3 Å². The van der Waals surface area contributed by atoms with Crippen molar-refractivity contribution in [2.24, 2.45) is 53.3 Å². The third-order valence-electron chi connectivity index (χ3n) is 21.6. The second-order valence-electron chi connectivity index (χ2n) is 30.4. The maximum atomic E-state index is 13.6. The Kier molecular flexibility index (Phi) is 49.3. The number of carbonyl (C=O) groups excluding carboxylic acids is 10. The van der Waals surface area contributed by atoms with Crippen LogP contribution in [0.3, 0.4) is 0 Å². The number of rotatable bonds is 61. The molecular weight excluding hydrogens is 1390 g/mol. The molecule has 0 spiro atoms. The lowest BCUT2D eigenvalue weighted by atomic mass is 9.79. The largest absolute Gasteiger partial charge is 0.481 e. The molecule has 27 nitrogen and oxygen atoms in total. The van der Waals surface area contributed by atoms with Gasteiger partial charge in [-0.25, -0.2) is 0 Å². The van der Waals surface area contributed by atoms with Crippen LogP contribution in [-0.4, -0.2) is 205 Å². The SMILES string of the molecule is CC(=O)OCC1OC(OCCCCC(=O)CCCCCC(=O)CCOCC(COCCC(=O)CCCCCC(=O)CCCCOC2OC(COC(C)=O)C(C)C(C)C2C)(COCCC(=O)NCCCNC(=O)CCCCOC2OC(COC(C)=O)C(C)C(C)C2C)NC(=O)CCCCC(=O)O)C(C)C(C)C1C. The fraction of sp³-hybridized carbons (Fsp3) is 0.863. The monoisotopic (exact) mass is 1520 g/mol. The molecule has 4 N–H and O–H groups in total. The molecule has 3 aliphatic heterocycles. The third kappa shape index (κ3) is 41.5. The van der Waals surface area contributed by atoms with Gasteiger partial charge in [0, 0.05) is 148 Å². The quantitative estimate of drug-likeness (QED) is 0.0250. The second-order valence-corrected chi connectivity index (χ2v) is 30.4. The Hall–Kier alpha value is -5.39. The minimum Gasteiger partial charge on any atom is -0.481 e. The highest BCUT2D eigenvalue weighted by molar-refractivity contribution is 5.80. The summed E-state index contributed by atoms with van der Waals surface area (Å²) in [6.45, 7) is 24.9. The standard InChI is InChI=1S/C80H137N3O24/c1-54-57(4)70(48-102-63(10)84)105-77(60(54)7)99-42-24-21-32-66(87)28-15-13-17-30-68(89)37-45-96-51-80(83-75(93)35-19-20-36-76(94)95,52-97-46-38-69(90)31-18-14-16-29-67(88)33-22-25-43-100-78-61(8)55(2)58(5)71(106-78)49-103-64(11)85)53-98-47-39-74(92)82-41-27-40-81-73(91)34-23-26-44-101-79-62(9)56(3)59(6)72(107-79)50-104-65(12)86/h54-62,70-72,77-79H,13-53H2,1-12H3,(H,81,91)(H,82,92)(H,83,93)(H,94,95). The van der Waals surface area contributed by atoms with Gasteiger partial charge in [0.25, 0.3) is 0 Å². The van der Waals surface area contributed by atoms with Gasteiger partial charge in [-0.3, -0.25) is 52.7 Å². The van der Waals surface area contributed by atoms with E-state index < -0.39 is 36.3 Å². The van der Waals surface area contributed by atoms with Crippen LogP contribution < -0.4 is 16.0 Å². The number of aliphatic carboxylic acids is 1. The molecule has 3 amide bonds. The number of hydrogen-bond donors (Lipinski definition) is 4. The zero-order chi connectivity index (χ0) is 79.1. The van der Waals surface area contributed by atoms with Crippen molar-refractivity contribution < 1.29 is 115 Å². The summed E-state index contributed by atoms with van der Waals surface area (Å²) in [5.74, 6) is -0.771. The Morgan fingerprint density at radius 3 is 0.953 bits per heavy atom. The topological polar surface area (TPSA) is 355 Å². The van der Waals surface area contributed by atoms with Gasteiger partial charge in [-0.1, -0.05) is 75.2 Å². The van der Waals surface area contributed by atoms with Gasteiger partial charge in [-0.05, 0) is 119 Å². The summed E-state index contributed by atoms with van der Waals surface area (Å²) in [4.78, 5) is 137. The number of ether oxygens (including phenoxy) is 12. The van der Waals surface area contributed by atoms with Crippen molar-refractivity contribution >= 4 is 64.7 Å². The number of Topliss-reactive ketones (excluding diaryl/α,β-unsaturated/α-hetero) is 4. The van der Waals surface area contributed by atoms with Gasteiger partial charge in [-0.2, -0.15) is 0 Å². The molecule has 3 heterocycles. The molecule has 0 aromatic heterocycles. The average Bonchev–Trinajstić information content (AvgIpc) is 0.843. The molecule has 0 aliphatic carbocycles. The van der Waals surface area contributed by atoms with E-state index in [0.717, 1.165) is 0 Å². The number of carboxylic acids is 1. The van der Waals surface area contributed by atoms with Gasteiger partial charge < -0.3 is 77.9 Å². The molecule has 15 atom stereocenters. The number of amides is 3. The van der Waals surface area contributed by atoms with Crippen LogP contribution in [0.5, 0.6) is 0 Å². The summed E-state index contributed by atoms with van der Waals surface area (Å²) in [6.07, 6.45) is 9.35. The van der Waals surface area contributed by atoms with Gasteiger partial charge >= 0.3 is 23.9 Å². The van der Waals surface area contributed by atoms with Crippen LogP contribution in [0.4, 0.5) is 0 Å². The molecule has 0 aromatic carbocycles. The van der Waals surface area contributed by atoms with Crippen molar-refractivity contribution in [2.45, 2.75) is 299 Å². The minimum absolute atomic E-state index is 0.00108. The number of carboxylic acid groups (broad SMARTS) is 1. The first-order valence-corrected chi connectivity index (χ1v) is 40.1. The maximum Gasteiger partial charge on any atom is 0.303 e. The van der Waals surface area contributed by atoms with Gasteiger partial charge in [-0.15, -0.1) is 0 Å². The van der Waals surface area contributed by atoms with Crippen LogP contribution in [0.2, 0.25) is 0 Å². The summed E-state index contributed by atoms with van der Waals surface area (Å²) in [5, 5.41) is 18.0. The zero-order valence-electron chi connectivity index (χ0n) is 67.0. The Bertz CT molecular complexity index is 2380.